The van der Waals surface area contributed by atoms with Gasteiger partial charge in [-0.3, -0.25) is 0 Å². The third kappa shape index (κ3) is 4.05. The number of halogens is 2. The van der Waals surface area contributed by atoms with Gasteiger partial charge in [0.05, 0.1) is 0 Å². The Hall–Kier alpha value is -0.960. The van der Waals surface area contributed by atoms with E-state index in [-0.39, 0.29) is 5.56 Å². The van der Waals surface area contributed by atoms with Gasteiger partial charge in [-0.1, -0.05) is 33.8 Å². The van der Waals surface area contributed by atoms with E-state index in [0.717, 1.165) is 13.1 Å². The van der Waals surface area contributed by atoms with Gasteiger partial charge in [0.2, 0.25) is 0 Å². The molecule has 1 N–H and O–H groups in total. The largest absolute Gasteiger partial charge is 0.316 e. The zero-order chi connectivity index (χ0) is 13.8. The van der Waals surface area contributed by atoms with Gasteiger partial charge in [-0.05, 0) is 43.0 Å². The summed E-state index contributed by atoms with van der Waals surface area (Å²) in [5.41, 5.74) is -0.310. The van der Waals surface area contributed by atoms with Gasteiger partial charge >= 0.3 is 0 Å². The van der Waals surface area contributed by atoms with Crippen molar-refractivity contribution in [3.05, 3.63) is 35.4 Å². The van der Waals surface area contributed by atoms with Gasteiger partial charge in [-0.2, -0.15) is 0 Å². The van der Waals surface area contributed by atoms with E-state index >= 15 is 0 Å². The summed E-state index contributed by atoms with van der Waals surface area (Å²) in [4.78, 5) is 0. The van der Waals surface area contributed by atoms with Crippen LogP contribution in [0.2, 0.25) is 0 Å². The highest BCUT2D eigenvalue weighted by molar-refractivity contribution is 5.27. The van der Waals surface area contributed by atoms with Crippen molar-refractivity contribution in [2.75, 3.05) is 13.1 Å². The lowest BCUT2D eigenvalue weighted by Crippen LogP contribution is -2.29. The number of hydrogen-bond donors (Lipinski definition) is 1. The summed E-state index contributed by atoms with van der Waals surface area (Å²) in [7, 11) is 0. The molecule has 0 aliphatic heterocycles. The van der Waals surface area contributed by atoms with Crippen molar-refractivity contribution >= 4 is 0 Å². The van der Waals surface area contributed by atoms with Crippen molar-refractivity contribution in [2.24, 2.45) is 5.92 Å². The highest BCUT2D eigenvalue weighted by Crippen LogP contribution is 2.30. The number of nitrogens with one attached hydrogen (secondary N) is 1. The first-order chi connectivity index (χ1) is 8.34. The lowest BCUT2D eigenvalue weighted by atomic mass is 9.81. The van der Waals surface area contributed by atoms with Crippen molar-refractivity contribution in [3.63, 3.8) is 0 Å². The quantitative estimate of drug-likeness (QED) is 0.761. The molecule has 3 heteroatoms. The van der Waals surface area contributed by atoms with Crippen molar-refractivity contribution in [3.8, 4) is 0 Å². The molecule has 0 atom stereocenters. The lowest BCUT2D eigenvalue weighted by molar-refractivity contribution is 0.403. The second-order valence-corrected chi connectivity index (χ2v) is 5.83. The molecule has 102 valence electrons. The Morgan fingerprint density at radius 1 is 1.17 bits per heavy atom. The molecular weight excluding hydrogens is 232 g/mol. The molecular formula is C15H23F2N. The molecule has 0 saturated heterocycles. The fourth-order valence-electron chi connectivity index (χ4n) is 2.06. The summed E-state index contributed by atoms with van der Waals surface area (Å²) < 4.78 is 27.4. The van der Waals surface area contributed by atoms with E-state index in [2.05, 4.69) is 19.2 Å². The molecule has 0 spiro atoms. The average Bonchev–Trinajstić information content (AvgIpc) is 2.23. The zero-order valence-corrected chi connectivity index (χ0v) is 11.7. The number of rotatable bonds is 6. The summed E-state index contributed by atoms with van der Waals surface area (Å²) in [6, 6.07) is 4.05. The van der Waals surface area contributed by atoms with Crippen LogP contribution in [0, 0.1) is 17.6 Å². The smallest absolute Gasteiger partial charge is 0.129 e. The summed E-state index contributed by atoms with van der Waals surface area (Å²) in [6.45, 7) is 9.72. The second-order valence-electron chi connectivity index (χ2n) is 5.83. The van der Waals surface area contributed by atoms with Crippen LogP contribution in [0.5, 0.6) is 0 Å². The molecule has 0 heterocycles. The van der Waals surface area contributed by atoms with Crippen molar-refractivity contribution in [1.82, 2.24) is 5.32 Å². The topological polar surface area (TPSA) is 12.0 Å². The van der Waals surface area contributed by atoms with Crippen molar-refractivity contribution in [1.29, 1.82) is 0 Å². The van der Waals surface area contributed by atoms with Gasteiger partial charge in [0.15, 0.2) is 0 Å². The fourth-order valence-corrected chi connectivity index (χ4v) is 2.06. The molecule has 1 rings (SSSR count). The van der Waals surface area contributed by atoms with Crippen LogP contribution in [0.1, 0.15) is 39.7 Å². The first-order valence-corrected chi connectivity index (χ1v) is 6.50. The van der Waals surface area contributed by atoms with Crippen LogP contribution in [0.4, 0.5) is 8.78 Å². The van der Waals surface area contributed by atoms with E-state index in [9.17, 15) is 8.78 Å². The molecule has 1 aromatic carbocycles. The molecule has 0 amide bonds. The van der Waals surface area contributed by atoms with Crippen LogP contribution in [-0.2, 0) is 5.41 Å². The maximum atomic E-state index is 13.7. The Kier molecular flexibility index (Phi) is 5.27. The monoisotopic (exact) mass is 255 g/mol. The molecule has 0 aliphatic carbocycles. The molecule has 0 saturated carbocycles. The van der Waals surface area contributed by atoms with Crippen LogP contribution in [0.25, 0.3) is 0 Å². The minimum atomic E-state index is -0.501. The second kappa shape index (κ2) is 6.28. The average molecular weight is 255 g/mol. The van der Waals surface area contributed by atoms with Gasteiger partial charge in [-0.25, -0.2) is 8.78 Å². The lowest BCUT2D eigenvalue weighted by Gasteiger charge is -2.26. The van der Waals surface area contributed by atoms with Gasteiger partial charge in [-0.15, -0.1) is 0 Å². The maximum Gasteiger partial charge on any atom is 0.129 e. The van der Waals surface area contributed by atoms with E-state index in [1.165, 1.54) is 18.2 Å². The van der Waals surface area contributed by atoms with E-state index < -0.39 is 17.0 Å². The summed E-state index contributed by atoms with van der Waals surface area (Å²) in [6.07, 6.45) is 0.706. The number of hydrogen-bond acceptors (Lipinski definition) is 1. The Bertz CT molecular complexity index is 366. The van der Waals surface area contributed by atoms with Crippen LogP contribution >= 0.6 is 0 Å². The Morgan fingerprint density at radius 2 is 1.72 bits per heavy atom. The summed E-state index contributed by atoms with van der Waals surface area (Å²) in [5.74, 6) is -0.328. The highest BCUT2D eigenvalue weighted by Gasteiger charge is 2.27. The Morgan fingerprint density at radius 3 is 2.22 bits per heavy atom. The van der Waals surface area contributed by atoms with Crippen LogP contribution in [-0.4, -0.2) is 13.1 Å². The van der Waals surface area contributed by atoms with Gasteiger partial charge in [0.1, 0.15) is 11.6 Å². The zero-order valence-electron chi connectivity index (χ0n) is 11.7. The minimum absolute atomic E-state index is 0.191. The predicted octanol–water partition coefficient (Wildman–Crippen LogP) is 3.88. The van der Waals surface area contributed by atoms with Crippen LogP contribution in [0.3, 0.4) is 0 Å². The Labute approximate surface area is 109 Å². The third-order valence-corrected chi connectivity index (χ3v) is 3.12. The van der Waals surface area contributed by atoms with E-state index in [0.29, 0.717) is 12.3 Å². The maximum absolute atomic E-state index is 13.7. The van der Waals surface area contributed by atoms with Crippen molar-refractivity contribution in [2.45, 2.75) is 39.5 Å². The molecule has 0 radical (unpaired) electrons. The Balaban J connectivity index is 2.68. The SMILES string of the molecule is CC(C)CNCCC(C)(C)c1c(F)cccc1F. The molecule has 1 aromatic rings. The van der Waals surface area contributed by atoms with Gasteiger partial charge < -0.3 is 5.32 Å². The van der Waals surface area contributed by atoms with Crippen LogP contribution in [0.15, 0.2) is 18.2 Å². The van der Waals surface area contributed by atoms with Gasteiger partial charge in [0, 0.05) is 5.56 Å². The van der Waals surface area contributed by atoms with E-state index in [1.54, 1.807) is 0 Å². The fraction of sp³-hybridized carbons (Fsp3) is 0.600. The molecule has 0 bridgehead atoms. The molecule has 1 nitrogen and oxygen atoms in total. The van der Waals surface area contributed by atoms with E-state index in [4.69, 9.17) is 0 Å². The third-order valence-electron chi connectivity index (χ3n) is 3.12. The highest BCUT2D eigenvalue weighted by atomic mass is 19.1. The molecule has 0 unspecified atom stereocenters. The number of benzene rings is 1. The molecule has 18 heavy (non-hydrogen) atoms. The molecule has 0 aliphatic rings. The minimum Gasteiger partial charge on any atom is -0.316 e. The first kappa shape index (κ1) is 15.1. The molecule has 0 fully saturated rings. The standard InChI is InChI=1S/C15H23F2N/c1-11(2)10-18-9-8-15(3,4)14-12(16)6-5-7-13(14)17/h5-7,11,18H,8-10H2,1-4H3. The predicted molar refractivity (Wildman–Crippen MR) is 71.7 cm³/mol. The van der Waals surface area contributed by atoms with Crippen molar-refractivity contribution < 1.29 is 8.78 Å². The first-order valence-electron chi connectivity index (χ1n) is 6.50. The van der Waals surface area contributed by atoms with Crippen LogP contribution < -0.4 is 5.32 Å². The normalized spacial score (nSPS) is 12.2. The summed E-state index contributed by atoms with van der Waals surface area (Å²) in [5, 5.41) is 3.30. The summed E-state index contributed by atoms with van der Waals surface area (Å²) >= 11 is 0. The van der Waals surface area contributed by atoms with Gasteiger partial charge in [0.25, 0.3) is 0 Å². The van der Waals surface area contributed by atoms with E-state index in [1.807, 2.05) is 13.8 Å². The molecule has 0 aromatic heterocycles.